The maximum absolute atomic E-state index is 11.1. The van der Waals surface area contributed by atoms with Gasteiger partial charge >= 0.3 is 5.91 Å². The minimum Gasteiger partial charge on any atom is -0.290 e. The summed E-state index contributed by atoms with van der Waals surface area (Å²) in [5.74, 6) is -0.384. The molecule has 0 spiro atoms. The molecule has 3 N–H and O–H groups in total. The number of quaternary nitrogens is 1. The molecule has 1 amide bonds. The fourth-order valence-electron chi connectivity index (χ4n) is 0.900. The van der Waals surface area contributed by atoms with Gasteiger partial charge in [0.1, 0.15) is 0 Å². The van der Waals surface area contributed by atoms with Crippen molar-refractivity contribution in [1.29, 1.82) is 0 Å². The van der Waals surface area contributed by atoms with Gasteiger partial charge in [-0.05, 0) is 18.2 Å². The van der Waals surface area contributed by atoms with Crippen LogP contribution in [-0.2, 0) is 9.84 Å². The molecule has 5 heteroatoms. The Balaban J connectivity index is 3.29. The van der Waals surface area contributed by atoms with Crippen molar-refractivity contribution in [1.82, 2.24) is 0 Å². The largest absolute Gasteiger partial charge is 0.341 e. The van der Waals surface area contributed by atoms with E-state index in [2.05, 4.69) is 5.73 Å². The molecule has 1 aromatic carbocycles. The number of sulfone groups is 1. The predicted molar refractivity (Wildman–Crippen MR) is 46.8 cm³/mol. The first-order chi connectivity index (χ1) is 5.91. The van der Waals surface area contributed by atoms with E-state index >= 15 is 0 Å². The van der Waals surface area contributed by atoms with Crippen LogP contribution in [0.4, 0.5) is 0 Å². The second kappa shape index (κ2) is 3.27. The maximum atomic E-state index is 11.1. The van der Waals surface area contributed by atoms with Crippen LogP contribution in [0.25, 0.3) is 0 Å². The molecule has 0 aliphatic rings. The molecule has 4 nitrogen and oxygen atoms in total. The molecule has 0 atom stereocenters. The van der Waals surface area contributed by atoms with Gasteiger partial charge in [-0.25, -0.2) is 13.2 Å². The van der Waals surface area contributed by atoms with Crippen molar-refractivity contribution in [2.75, 3.05) is 6.26 Å². The van der Waals surface area contributed by atoms with E-state index in [9.17, 15) is 13.2 Å². The minimum atomic E-state index is -3.24. The van der Waals surface area contributed by atoms with E-state index in [1.54, 1.807) is 0 Å². The highest BCUT2D eigenvalue weighted by molar-refractivity contribution is 7.90. The normalized spacial score (nSPS) is 11.2. The molecule has 0 saturated heterocycles. The third-order valence-corrected chi connectivity index (χ3v) is 2.69. The van der Waals surface area contributed by atoms with Gasteiger partial charge in [0.2, 0.25) is 0 Å². The Labute approximate surface area is 76.3 Å². The highest BCUT2D eigenvalue weighted by atomic mass is 32.2. The van der Waals surface area contributed by atoms with Gasteiger partial charge in [0.05, 0.1) is 10.5 Å². The molecule has 0 fully saturated rings. The van der Waals surface area contributed by atoms with E-state index < -0.39 is 9.84 Å². The van der Waals surface area contributed by atoms with Crippen LogP contribution in [0.2, 0.25) is 0 Å². The summed E-state index contributed by atoms with van der Waals surface area (Å²) in [7, 11) is -3.24. The SMILES string of the molecule is CS(=O)(=O)c1cccc(C([NH3+])=O)c1. The lowest BCUT2D eigenvalue weighted by atomic mass is 10.2. The summed E-state index contributed by atoms with van der Waals surface area (Å²) < 4.78 is 22.2. The summed E-state index contributed by atoms with van der Waals surface area (Å²) in [5, 5.41) is 0. The van der Waals surface area contributed by atoms with Crippen LogP contribution < -0.4 is 5.73 Å². The number of carbonyl (C=O) groups excluding carboxylic acids is 1. The van der Waals surface area contributed by atoms with Crippen molar-refractivity contribution in [2.24, 2.45) is 0 Å². The molecule has 0 bridgehead atoms. The van der Waals surface area contributed by atoms with Crippen LogP contribution in [0.15, 0.2) is 29.2 Å². The van der Waals surface area contributed by atoms with Gasteiger partial charge < -0.3 is 0 Å². The molecular weight excluding hydrogens is 190 g/mol. The van der Waals surface area contributed by atoms with Gasteiger partial charge in [-0.2, -0.15) is 0 Å². The summed E-state index contributed by atoms with van der Waals surface area (Å²) in [5.41, 5.74) is 3.51. The smallest absolute Gasteiger partial charge is 0.290 e. The summed E-state index contributed by atoms with van der Waals surface area (Å²) in [6.45, 7) is 0. The number of hydrogen-bond acceptors (Lipinski definition) is 3. The first kappa shape index (κ1) is 9.88. The quantitative estimate of drug-likeness (QED) is 0.697. The van der Waals surface area contributed by atoms with E-state index in [1.165, 1.54) is 24.3 Å². The Morgan fingerprint density at radius 1 is 1.38 bits per heavy atom. The third-order valence-electron chi connectivity index (χ3n) is 1.58. The van der Waals surface area contributed by atoms with Crippen LogP contribution in [0.1, 0.15) is 10.4 Å². The molecule has 0 aliphatic carbocycles. The predicted octanol–water partition coefficient (Wildman–Crippen LogP) is -0.528. The summed E-state index contributed by atoms with van der Waals surface area (Å²) in [6, 6.07) is 5.82. The average molecular weight is 200 g/mol. The molecule has 0 aliphatic heterocycles. The van der Waals surface area contributed by atoms with Gasteiger partial charge in [0.25, 0.3) is 0 Å². The summed E-state index contributed by atoms with van der Waals surface area (Å²) >= 11 is 0. The minimum absolute atomic E-state index is 0.141. The van der Waals surface area contributed by atoms with Crippen molar-refractivity contribution in [2.45, 2.75) is 4.90 Å². The second-order valence-corrected chi connectivity index (χ2v) is 4.74. The van der Waals surface area contributed by atoms with Crippen LogP contribution in [0, 0.1) is 0 Å². The summed E-state index contributed by atoms with van der Waals surface area (Å²) in [6.07, 6.45) is 1.10. The standard InChI is InChI=1S/C8H9NO3S/c1-13(11,12)7-4-2-3-6(5-7)8(9)10/h2-5H,1H3,(H2,9,10)/p+1. The molecule has 1 rings (SSSR count). The van der Waals surface area contributed by atoms with Crippen LogP contribution in [-0.4, -0.2) is 20.6 Å². The van der Waals surface area contributed by atoms with Gasteiger partial charge in [-0.1, -0.05) is 6.07 Å². The van der Waals surface area contributed by atoms with E-state index in [0.717, 1.165) is 6.26 Å². The molecule has 0 unspecified atom stereocenters. The highest BCUT2D eigenvalue weighted by Crippen LogP contribution is 2.10. The third kappa shape index (κ3) is 2.37. The van der Waals surface area contributed by atoms with Crippen LogP contribution >= 0.6 is 0 Å². The number of benzene rings is 1. The lowest BCUT2D eigenvalue weighted by Crippen LogP contribution is -2.56. The molecule has 1 aromatic rings. The number of rotatable bonds is 2. The molecule has 70 valence electrons. The fourth-order valence-corrected chi connectivity index (χ4v) is 1.57. The van der Waals surface area contributed by atoms with Crippen LogP contribution in [0.3, 0.4) is 0 Å². The fraction of sp³-hybridized carbons (Fsp3) is 0.125. The van der Waals surface area contributed by atoms with Crippen molar-refractivity contribution in [3.8, 4) is 0 Å². The van der Waals surface area contributed by atoms with E-state index in [-0.39, 0.29) is 10.8 Å². The molecule has 0 aromatic heterocycles. The van der Waals surface area contributed by atoms with Crippen molar-refractivity contribution in [3.05, 3.63) is 29.8 Å². The van der Waals surface area contributed by atoms with Gasteiger partial charge in [0.15, 0.2) is 9.84 Å². The first-order valence-corrected chi connectivity index (χ1v) is 5.47. The van der Waals surface area contributed by atoms with Gasteiger partial charge in [-0.15, -0.1) is 0 Å². The topological polar surface area (TPSA) is 78.8 Å². The van der Waals surface area contributed by atoms with E-state index in [4.69, 9.17) is 0 Å². The molecule has 0 radical (unpaired) electrons. The zero-order chi connectivity index (χ0) is 10.1. The van der Waals surface area contributed by atoms with Crippen molar-refractivity contribution in [3.63, 3.8) is 0 Å². The molecule has 0 heterocycles. The Kier molecular flexibility index (Phi) is 2.49. The first-order valence-electron chi connectivity index (χ1n) is 3.57. The monoisotopic (exact) mass is 200 g/mol. The Morgan fingerprint density at radius 3 is 2.46 bits per heavy atom. The highest BCUT2D eigenvalue weighted by Gasteiger charge is 2.10. The van der Waals surface area contributed by atoms with Crippen LogP contribution in [0.5, 0.6) is 0 Å². The van der Waals surface area contributed by atoms with E-state index in [0.29, 0.717) is 5.56 Å². The Morgan fingerprint density at radius 2 is 2.00 bits per heavy atom. The molecular formula is C8H10NO3S+. The van der Waals surface area contributed by atoms with Gasteiger partial charge in [0, 0.05) is 6.26 Å². The second-order valence-electron chi connectivity index (χ2n) is 2.72. The summed E-state index contributed by atoms with van der Waals surface area (Å²) in [4.78, 5) is 11.0. The molecule has 13 heavy (non-hydrogen) atoms. The lowest BCUT2D eigenvalue weighted by molar-refractivity contribution is -0.255. The zero-order valence-corrected chi connectivity index (χ0v) is 7.97. The lowest BCUT2D eigenvalue weighted by Gasteiger charge is -1.97. The Bertz CT molecular complexity index is 436. The molecule has 0 saturated carbocycles. The number of amides is 1. The van der Waals surface area contributed by atoms with E-state index in [1.807, 2.05) is 0 Å². The van der Waals surface area contributed by atoms with Gasteiger partial charge in [-0.3, -0.25) is 5.73 Å². The maximum Gasteiger partial charge on any atom is 0.341 e. The van der Waals surface area contributed by atoms with Crippen molar-refractivity contribution < 1.29 is 18.9 Å². The number of carbonyl (C=O) groups is 1. The number of hydrogen-bond donors (Lipinski definition) is 1. The average Bonchev–Trinajstić information content (AvgIpc) is 2.03. The zero-order valence-electron chi connectivity index (χ0n) is 7.15. The Hall–Kier alpha value is -1.20. The van der Waals surface area contributed by atoms with Crippen molar-refractivity contribution >= 4 is 15.7 Å².